The number of unbranched alkanes of at least 4 members (excludes halogenated alkanes) is 24. The number of rotatable bonds is 49. The predicted octanol–water partition coefficient (Wildman–Crippen LogP) is 18.4. The molecule has 0 saturated carbocycles. The highest BCUT2D eigenvalue weighted by molar-refractivity contribution is 5.71. The molecule has 1 atom stereocenters. The standard InChI is InChI=1S/C60H102O6/c1-4-7-10-13-16-19-22-25-27-29-31-32-35-38-41-44-47-50-53-59(62)65-56-57(55-64-58(61)52-49-46-43-40-37-34-24-21-18-15-12-9-6-3)66-60(63)54-51-48-45-42-39-36-33-30-28-26-23-20-17-14-11-8-5-2/h8,11,17,20,26,28,33-34,36-37,42-43,45-46,57H,4-7,9-10,12-16,18-19,21-25,27,29-32,35,38-41,44,47-56H2,1-3H3/b11-8-,20-17-,28-26-,36-33-,37-34-,45-42-,46-43-. The minimum atomic E-state index is -0.827. The zero-order chi connectivity index (χ0) is 47.9. The quantitative estimate of drug-likeness (QED) is 0.0262. The molecule has 0 saturated heterocycles. The molecule has 0 amide bonds. The van der Waals surface area contributed by atoms with Gasteiger partial charge in [-0.05, 0) is 77.0 Å². The average molecular weight is 919 g/mol. The summed E-state index contributed by atoms with van der Waals surface area (Å²) in [6.45, 7) is 6.43. The molecular formula is C60H102O6. The molecule has 378 valence electrons. The van der Waals surface area contributed by atoms with Crippen molar-refractivity contribution in [3.05, 3.63) is 85.1 Å². The van der Waals surface area contributed by atoms with Crippen molar-refractivity contribution in [2.45, 2.75) is 264 Å². The fourth-order valence-corrected chi connectivity index (χ4v) is 7.53. The van der Waals surface area contributed by atoms with E-state index < -0.39 is 6.10 Å². The van der Waals surface area contributed by atoms with Crippen molar-refractivity contribution in [2.24, 2.45) is 0 Å². The lowest BCUT2D eigenvalue weighted by atomic mass is 10.0. The molecule has 0 rings (SSSR count). The number of carbonyl (C=O) groups excluding carboxylic acids is 3. The van der Waals surface area contributed by atoms with Crippen molar-refractivity contribution in [1.29, 1.82) is 0 Å². The van der Waals surface area contributed by atoms with E-state index >= 15 is 0 Å². The molecule has 6 heteroatoms. The maximum atomic E-state index is 12.8. The lowest BCUT2D eigenvalue weighted by Crippen LogP contribution is -2.30. The number of hydrogen-bond donors (Lipinski definition) is 0. The van der Waals surface area contributed by atoms with E-state index in [1.807, 2.05) is 6.08 Å². The van der Waals surface area contributed by atoms with Gasteiger partial charge in [0.1, 0.15) is 13.2 Å². The summed E-state index contributed by atoms with van der Waals surface area (Å²) >= 11 is 0. The van der Waals surface area contributed by atoms with E-state index in [2.05, 4.69) is 99.8 Å². The molecule has 0 bridgehead atoms. The van der Waals surface area contributed by atoms with E-state index in [0.717, 1.165) is 70.6 Å². The Hall–Kier alpha value is -3.41. The van der Waals surface area contributed by atoms with Gasteiger partial charge >= 0.3 is 17.9 Å². The van der Waals surface area contributed by atoms with Crippen molar-refractivity contribution in [3.8, 4) is 0 Å². The minimum absolute atomic E-state index is 0.114. The van der Waals surface area contributed by atoms with Gasteiger partial charge in [0.2, 0.25) is 0 Å². The lowest BCUT2D eigenvalue weighted by molar-refractivity contribution is -0.166. The maximum Gasteiger partial charge on any atom is 0.306 e. The van der Waals surface area contributed by atoms with E-state index in [0.29, 0.717) is 19.3 Å². The molecular weight excluding hydrogens is 817 g/mol. The van der Waals surface area contributed by atoms with Crippen LogP contribution in [0.25, 0.3) is 0 Å². The zero-order valence-corrected chi connectivity index (χ0v) is 43.2. The summed E-state index contributed by atoms with van der Waals surface area (Å²) in [5.74, 6) is -1.04. The summed E-state index contributed by atoms with van der Waals surface area (Å²) in [5, 5.41) is 0. The fourth-order valence-electron chi connectivity index (χ4n) is 7.53. The molecule has 0 aliphatic rings. The average Bonchev–Trinajstić information content (AvgIpc) is 3.31. The molecule has 66 heavy (non-hydrogen) atoms. The third-order valence-electron chi connectivity index (χ3n) is 11.6. The van der Waals surface area contributed by atoms with Crippen molar-refractivity contribution < 1.29 is 28.6 Å². The number of esters is 3. The molecule has 0 radical (unpaired) electrons. The van der Waals surface area contributed by atoms with Crippen LogP contribution in [0, 0.1) is 0 Å². The Morgan fingerprint density at radius 1 is 0.318 bits per heavy atom. The van der Waals surface area contributed by atoms with Crippen LogP contribution in [-0.4, -0.2) is 37.2 Å². The van der Waals surface area contributed by atoms with Gasteiger partial charge in [0.25, 0.3) is 0 Å². The molecule has 0 aromatic heterocycles. The van der Waals surface area contributed by atoms with Gasteiger partial charge in [-0.3, -0.25) is 14.4 Å². The first kappa shape index (κ1) is 62.6. The summed E-state index contributed by atoms with van der Waals surface area (Å²) in [4.78, 5) is 38.0. The number of hydrogen-bond acceptors (Lipinski definition) is 6. The van der Waals surface area contributed by atoms with Crippen LogP contribution < -0.4 is 0 Å². The summed E-state index contributed by atoms with van der Waals surface area (Å²) in [7, 11) is 0. The third-order valence-corrected chi connectivity index (χ3v) is 11.6. The van der Waals surface area contributed by atoms with Gasteiger partial charge in [0.05, 0.1) is 0 Å². The second kappa shape index (κ2) is 54.2. The number of ether oxygens (including phenoxy) is 3. The van der Waals surface area contributed by atoms with Crippen LogP contribution in [0.15, 0.2) is 85.1 Å². The van der Waals surface area contributed by atoms with Gasteiger partial charge in [0, 0.05) is 19.3 Å². The Balaban J connectivity index is 4.49. The molecule has 0 spiro atoms. The van der Waals surface area contributed by atoms with E-state index in [1.165, 1.54) is 135 Å². The maximum absolute atomic E-state index is 12.8. The first-order chi connectivity index (χ1) is 32.5. The molecule has 0 N–H and O–H groups in total. The van der Waals surface area contributed by atoms with E-state index in [9.17, 15) is 14.4 Å². The van der Waals surface area contributed by atoms with Gasteiger partial charge in [-0.25, -0.2) is 0 Å². The van der Waals surface area contributed by atoms with Crippen molar-refractivity contribution >= 4 is 17.9 Å². The molecule has 0 aromatic rings. The Morgan fingerprint density at radius 2 is 0.636 bits per heavy atom. The predicted molar refractivity (Wildman–Crippen MR) is 284 cm³/mol. The summed E-state index contributed by atoms with van der Waals surface area (Å²) in [6, 6.07) is 0. The molecule has 0 aliphatic carbocycles. The molecule has 6 nitrogen and oxygen atoms in total. The van der Waals surface area contributed by atoms with Gasteiger partial charge in [-0.15, -0.1) is 0 Å². The summed E-state index contributed by atoms with van der Waals surface area (Å²) < 4.78 is 16.7. The smallest absolute Gasteiger partial charge is 0.306 e. The molecule has 0 heterocycles. The highest BCUT2D eigenvalue weighted by Crippen LogP contribution is 2.15. The SMILES string of the molecule is CC/C=C\C/C=C\C/C=C\C/C=C\C/C=C\CCCC(=O)OC(COC(=O)CC/C=C\C/C=C\CCCCCCCC)COC(=O)CCCCCCCCCCCCCCCCCCCC. The van der Waals surface area contributed by atoms with Crippen LogP contribution in [-0.2, 0) is 28.6 Å². The number of allylic oxidation sites excluding steroid dienone is 14. The van der Waals surface area contributed by atoms with Crippen molar-refractivity contribution in [2.75, 3.05) is 13.2 Å². The second-order valence-corrected chi connectivity index (χ2v) is 18.1. The van der Waals surface area contributed by atoms with Crippen LogP contribution in [0.2, 0.25) is 0 Å². The van der Waals surface area contributed by atoms with Gasteiger partial charge in [-0.2, -0.15) is 0 Å². The molecule has 0 fully saturated rings. The van der Waals surface area contributed by atoms with E-state index in [-0.39, 0.29) is 44.0 Å². The van der Waals surface area contributed by atoms with Crippen LogP contribution >= 0.6 is 0 Å². The Kier molecular flexibility index (Phi) is 51.4. The Bertz CT molecular complexity index is 1290. The summed E-state index contributed by atoms with van der Waals surface area (Å²) in [5.41, 5.74) is 0. The van der Waals surface area contributed by atoms with Crippen molar-refractivity contribution in [1.82, 2.24) is 0 Å². The largest absolute Gasteiger partial charge is 0.462 e. The van der Waals surface area contributed by atoms with Gasteiger partial charge in [-0.1, -0.05) is 247 Å². The van der Waals surface area contributed by atoms with Crippen LogP contribution in [0.4, 0.5) is 0 Å². The molecule has 1 unspecified atom stereocenters. The topological polar surface area (TPSA) is 78.9 Å². The normalized spacial score (nSPS) is 12.7. The van der Waals surface area contributed by atoms with Crippen molar-refractivity contribution in [3.63, 3.8) is 0 Å². The first-order valence-electron chi connectivity index (χ1n) is 27.6. The fraction of sp³-hybridized carbons (Fsp3) is 0.717. The molecule has 0 aliphatic heterocycles. The Labute approximate surface area is 407 Å². The highest BCUT2D eigenvalue weighted by atomic mass is 16.6. The Morgan fingerprint density at radius 3 is 1.06 bits per heavy atom. The van der Waals surface area contributed by atoms with Crippen LogP contribution in [0.1, 0.15) is 258 Å². The lowest BCUT2D eigenvalue weighted by Gasteiger charge is -2.18. The third kappa shape index (κ3) is 51.6. The first-order valence-corrected chi connectivity index (χ1v) is 27.6. The van der Waals surface area contributed by atoms with E-state index in [4.69, 9.17) is 14.2 Å². The molecule has 0 aromatic carbocycles. The summed E-state index contributed by atoms with van der Waals surface area (Å²) in [6.07, 6.45) is 70.2. The monoisotopic (exact) mass is 919 g/mol. The van der Waals surface area contributed by atoms with Crippen LogP contribution in [0.5, 0.6) is 0 Å². The minimum Gasteiger partial charge on any atom is -0.462 e. The highest BCUT2D eigenvalue weighted by Gasteiger charge is 2.19. The zero-order valence-electron chi connectivity index (χ0n) is 43.2. The second-order valence-electron chi connectivity index (χ2n) is 18.1. The van der Waals surface area contributed by atoms with Crippen LogP contribution in [0.3, 0.4) is 0 Å². The van der Waals surface area contributed by atoms with E-state index in [1.54, 1.807) is 0 Å². The van der Waals surface area contributed by atoms with Gasteiger partial charge < -0.3 is 14.2 Å². The number of carbonyl (C=O) groups is 3. The van der Waals surface area contributed by atoms with Gasteiger partial charge in [0.15, 0.2) is 6.10 Å².